The lowest BCUT2D eigenvalue weighted by Gasteiger charge is -2.29. The lowest BCUT2D eigenvalue weighted by molar-refractivity contribution is 0.660. The summed E-state index contributed by atoms with van der Waals surface area (Å²) in [6, 6.07) is 50.3. The molecule has 2 aromatic heterocycles. The fourth-order valence-corrected chi connectivity index (χ4v) is 8.30. The molecule has 0 saturated heterocycles. The maximum absolute atomic E-state index is 6.45. The van der Waals surface area contributed by atoms with Crippen LogP contribution in [-0.4, -0.2) is 4.57 Å². The van der Waals surface area contributed by atoms with E-state index in [1.165, 1.54) is 44.4 Å². The van der Waals surface area contributed by atoms with Crippen molar-refractivity contribution in [1.82, 2.24) is 4.57 Å². The highest BCUT2D eigenvalue weighted by Gasteiger charge is 2.36. The van der Waals surface area contributed by atoms with Gasteiger partial charge in [-0.2, -0.15) is 0 Å². The minimum atomic E-state index is -0.114. The summed E-state index contributed by atoms with van der Waals surface area (Å²) in [5.74, 6) is 0. The fourth-order valence-electron chi connectivity index (χ4n) is 8.30. The summed E-state index contributed by atoms with van der Waals surface area (Å²) in [6.45, 7) is 4.70. The normalized spacial score (nSPS) is 14.4. The lowest BCUT2D eigenvalue weighted by Crippen LogP contribution is -2.18. The first-order valence-electron chi connectivity index (χ1n) is 17.1. The Hall–Kier alpha value is -6.06. The number of anilines is 2. The number of hydrogen-bond acceptors (Lipinski definition) is 2. The molecule has 0 saturated carbocycles. The average Bonchev–Trinajstić information content (AvgIpc) is 3.67. The van der Waals surface area contributed by atoms with E-state index >= 15 is 0 Å². The Bertz CT molecular complexity index is 2670. The first-order chi connectivity index (χ1) is 24.1. The number of rotatable bonds is 4. The smallest absolute Gasteiger partial charge is 0.137 e. The van der Waals surface area contributed by atoms with Crippen molar-refractivity contribution in [3.8, 4) is 16.8 Å². The van der Waals surface area contributed by atoms with Gasteiger partial charge in [-0.15, -0.1) is 0 Å². The van der Waals surface area contributed by atoms with Gasteiger partial charge in [-0.25, -0.2) is 0 Å². The van der Waals surface area contributed by atoms with Gasteiger partial charge in [0, 0.05) is 50.4 Å². The van der Waals surface area contributed by atoms with Crippen LogP contribution in [0.4, 0.5) is 11.4 Å². The van der Waals surface area contributed by atoms with E-state index in [0.29, 0.717) is 0 Å². The van der Waals surface area contributed by atoms with E-state index in [0.717, 1.165) is 51.1 Å². The third kappa shape index (κ3) is 4.15. The number of aromatic nitrogens is 1. The third-order valence-corrected chi connectivity index (χ3v) is 10.6. The van der Waals surface area contributed by atoms with Crippen LogP contribution in [-0.2, 0) is 11.8 Å². The summed E-state index contributed by atoms with van der Waals surface area (Å²) in [5, 5.41) is 3.55. The number of benzene rings is 6. The SMILES string of the molecule is CC1(C)c2ccccc2-c2ccc(N(C3=Cc4c(c5ccccc5n4-c4ccccc4)CC=C3)c3ccc4c(c3)oc3ccccc34)cc21. The van der Waals surface area contributed by atoms with Crippen molar-refractivity contribution in [2.24, 2.45) is 0 Å². The molecule has 3 nitrogen and oxygen atoms in total. The number of para-hydroxylation sites is 3. The van der Waals surface area contributed by atoms with E-state index in [-0.39, 0.29) is 5.41 Å². The fraction of sp³-hybridized carbons (Fsp3) is 0.0870. The molecule has 0 bridgehead atoms. The molecule has 0 aliphatic heterocycles. The highest BCUT2D eigenvalue weighted by molar-refractivity contribution is 6.06. The van der Waals surface area contributed by atoms with Crippen LogP contribution in [0, 0.1) is 0 Å². The van der Waals surface area contributed by atoms with Crippen molar-refractivity contribution in [3.63, 3.8) is 0 Å². The molecule has 3 heteroatoms. The molecule has 10 rings (SSSR count). The molecule has 49 heavy (non-hydrogen) atoms. The molecule has 6 aromatic carbocycles. The molecule has 0 atom stereocenters. The van der Waals surface area contributed by atoms with E-state index in [4.69, 9.17) is 4.42 Å². The van der Waals surface area contributed by atoms with Crippen molar-refractivity contribution in [2.75, 3.05) is 4.90 Å². The van der Waals surface area contributed by atoms with E-state index in [2.05, 4.69) is 169 Å². The van der Waals surface area contributed by atoms with Gasteiger partial charge in [-0.05, 0) is 94.9 Å². The van der Waals surface area contributed by atoms with E-state index in [9.17, 15) is 0 Å². The van der Waals surface area contributed by atoms with Gasteiger partial charge in [0.2, 0.25) is 0 Å². The van der Waals surface area contributed by atoms with Gasteiger partial charge < -0.3 is 13.9 Å². The second-order valence-corrected chi connectivity index (χ2v) is 13.7. The Kier molecular flexibility index (Phi) is 5.98. The summed E-state index contributed by atoms with van der Waals surface area (Å²) >= 11 is 0. The maximum Gasteiger partial charge on any atom is 0.137 e. The second-order valence-electron chi connectivity index (χ2n) is 13.7. The third-order valence-electron chi connectivity index (χ3n) is 10.6. The molecule has 2 aliphatic carbocycles. The highest BCUT2D eigenvalue weighted by Crippen LogP contribution is 2.50. The van der Waals surface area contributed by atoms with Gasteiger partial charge >= 0.3 is 0 Å². The zero-order chi connectivity index (χ0) is 32.7. The zero-order valence-electron chi connectivity index (χ0n) is 27.5. The van der Waals surface area contributed by atoms with Gasteiger partial charge in [0.15, 0.2) is 0 Å². The van der Waals surface area contributed by atoms with Crippen molar-refractivity contribution in [3.05, 3.63) is 180 Å². The molecule has 234 valence electrons. The first-order valence-corrected chi connectivity index (χ1v) is 17.1. The summed E-state index contributed by atoms with van der Waals surface area (Å²) in [6.07, 6.45) is 7.83. The van der Waals surface area contributed by atoms with Crippen LogP contribution in [0.2, 0.25) is 0 Å². The summed E-state index contributed by atoms with van der Waals surface area (Å²) in [4.78, 5) is 2.41. The Morgan fingerprint density at radius 2 is 1.31 bits per heavy atom. The average molecular weight is 631 g/mol. The molecule has 0 spiro atoms. The van der Waals surface area contributed by atoms with Crippen molar-refractivity contribution in [1.29, 1.82) is 0 Å². The van der Waals surface area contributed by atoms with Gasteiger partial charge in [-0.1, -0.05) is 105 Å². The lowest BCUT2D eigenvalue weighted by atomic mass is 9.82. The van der Waals surface area contributed by atoms with E-state index < -0.39 is 0 Å². The molecule has 2 aliphatic rings. The zero-order valence-corrected chi connectivity index (χ0v) is 27.5. The van der Waals surface area contributed by atoms with E-state index in [1.807, 2.05) is 12.1 Å². The summed E-state index contributed by atoms with van der Waals surface area (Å²) < 4.78 is 8.86. The topological polar surface area (TPSA) is 21.3 Å². The molecule has 0 amide bonds. The number of hydrogen-bond donors (Lipinski definition) is 0. The van der Waals surface area contributed by atoms with Crippen LogP contribution >= 0.6 is 0 Å². The Labute approximate surface area is 285 Å². The van der Waals surface area contributed by atoms with Gasteiger partial charge in [0.1, 0.15) is 11.2 Å². The quantitative estimate of drug-likeness (QED) is 0.193. The van der Waals surface area contributed by atoms with E-state index in [1.54, 1.807) is 0 Å². The van der Waals surface area contributed by atoms with Crippen molar-refractivity contribution in [2.45, 2.75) is 25.7 Å². The van der Waals surface area contributed by atoms with Crippen LogP contribution in [0.3, 0.4) is 0 Å². The predicted octanol–water partition coefficient (Wildman–Crippen LogP) is 12.1. The molecular formula is C46H34N2O. The minimum Gasteiger partial charge on any atom is -0.456 e. The minimum absolute atomic E-state index is 0.114. The predicted molar refractivity (Wildman–Crippen MR) is 204 cm³/mol. The van der Waals surface area contributed by atoms with Crippen LogP contribution in [0.25, 0.3) is 55.7 Å². The number of allylic oxidation sites excluding steroid dienone is 2. The molecule has 0 N–H and O–H groups in total. The standard InChI is InChI=1S/C46H34N2O/c1-46(2)40-20-9-6-16-34(40)35-25-23-32(27-41(35)46)47(33-24-26-39-38-18-8-11-22-44(38)49-45(39)29-33)31-15-12-19-37-36-17-7-10-21-42(36)48(43(37)28-31)30-13-4-3-5-14-30/h3-18,20-29H,19H2,1-2H3. The van der Waals surface area contributed by atoms with Crippen LogP contribution < -0.4 is 4.90 Å². The van der Waals surface area contributed by atoms with Crippen LogP contribution in [0.1, 0.15) is 36.2 Å². The van der Waals surface area contributed by atoms with Crippen molar-refractivity contribution < 1.29 is 4.42 Å². The molecule has 8 aromatic rings. The number of fused-ring (bicyclic) bond motifs is 9. The monoisotopic (exact) mass is 630 g/mol. The molecule has 0 unspecified atom stereocenters. The summed E-state index contributed by atoms with van der Waals surface area (Å²) in [7, 11) is 0. The van der Waals surface area contributed by atoms with Gasteiger partial charge in [0.05, 0.1) is 11.2 Å². The highest BCUT2D eigenvalue weighted by atomic mass is 16.3. The van der Waals surface area contributed by atoms with Crippen molar-refractivity contribution >= 4 is 50.3 Å². The number of furan rings is 1. The Morgan fingerprint density at radius 1 is 0.612 bits per heavy atom. The van der Waals surface area contributed by atoms with Gasteiger partial charge in [0.25, 0.3) is 0 Å². The number of nitrogens with zero attached hydrogens (tertiary/aromatic N) is 2. The van der Waals surface area contributed by atoms with Crippen LogP contribution in [0.15, 0.2) is 162 Å². The second kappa shape index (κ2) is 10.5. The van der Waals surface area contributed by atoms with Crippen LogP contribution in [0.5, 0.6) is 0 Å². The Morgan fingerprint density at radius 3 is 2.20 bits per heavy atom. The largest absolute Gasteiger partial charge is 0.456 e. The maximum atomic E-state index is 6.45. The van der Waals surface area contributed by atoms with Gasteiger partial charge in [-0.3, -0.25) is 0 Å². The molecule has 0 fully saturated rings. The molecule has 0 radical (unpaired) electrons. The first kappa shape index (κ1) is 28.0. The molecular weight excluding hydrogens is 597 g/mol. The summed E-state index contributed by atoms with van der Waals surface area (Å²) in [5.41, 5.74) is 15.2. The Balaban J connectivity index is 1.23. The molecule has 2 heterocycles.